The van der Waals surface area contributed by atoms with Gasteiger partial charge in [0, 0.05) is 19.1 Å². The fraction of sp³-hybridized carbons (Fsp3) is 0.643. The van der Waals surface area contributed by atoms with Crippen molar-refractivity contribution in [2.75, 3.05) is 6.54 Å². The van der Waals surface area contributed by atoms with Gasteiger partial charge in [0.2, 0.25) is 5.91 Å². The van der Waals surface area contributed by atoms with Crippen LogP contribution < -0.4 is 10.6 Å². The Hall–Kier alpha value is -1.85. The number of fused-ring (bicyclic) bond motifs is 1. The fourth-order valence-corrected chi connectivity index (χ4v) is 2.52. The molecule has 2 heterocycles. The van der Waals surface area contributed by atoms with Crippen molar-refractivity contribution in [2.45, 2.75) is 46.2 Å². The second-order valence-corrected chi connectivity index (χ2v) is 5.45. The zero-order valence-corrected chi connectivity index (χ0v) is 12.3. The highest BCUT2D eigenvalue weighted by atomic mass is 16.2. The Labute approximate surface area is 119 Å². The van der Waals surface area contributed by atoms with Gasteiger partial charge in [-0.05, 0) is 33.6 Å². The number of carbonyl (C=O) groups excluding carboxylic acids is 2. The normalized spacial score (nSPS) is 17.7. The number of imidazole rings is 1. The third-order valence-electron chi connectivity index (χ3n) is 3.45. The number of nitrogens with zero attached hydrogens (tertiary/aromatic N) is 2. The molecule has 0 saturated heterocycles. The van der Waals surface area contributed by atoms with Crippen molar-refractivity contribution in [3.63, 3.8) is 0 Å². The van der Waals surface area contributed by atoms with E-state index in [1.54, 1.807) is 6.33 Å². The third kappa shape index (κ3) is 3.00. The number of rotatable bonds is 4. The molecule has 6 nitrogen and oxygen atoms in total. The van der Waals surface area contributed by atoms with Crippen molar-refractivity contribution in [3.05, 3.63) is 17.7 Å². The number of carbonyl (C=O) groups is 2. The zero-order valence-electron chi connectivity index (χ0n) is 12.3. The molecule has 0 fully saturated rings. The molecule has 20 heavy (non-hydrogen) atoms. The summed E-state index contributed by atoms with van der Waals surface area (Å²) < 4.78 is 1.93. The van der Waals surface area contributed by atoms with Crippen LogP contribution in [0.2, 0.25) is 0 Å². The number of amides is 2. The van der Waals surface area contributed by atoms with E-state index in [1.165, 1.54) is 0 Å². The molecule has 2 rings (SSSR count). The molecule has 0 saturated carbocycles. The van der Waals surface area contributed by atoms with Crippen LogP contribution in [-0.4, -0.2) is 34.0 Å². The van der Waals surface area contributed by atoms with Gasteiger partial charge in [-0.25, -0.2) is 4.98 Å². The SMILES string of the molecule is CCNC(=O)c1ncn2c1CCC(C(=O)NC(C)C)C2. The average molecular weight is 278 g/mol. The second kappa shape index (κ2) is 6.07. The van der Waals surface area contributed by atoms with E-state index in [0.717, 1.165) is 12.1 Å². The van der Waals surface area contributed by atoms with E-state index in [1.807, 2.05) is 25.3 Å². The zero-order chi connectivity index (χ0) is 14.7. The Bertz CT molecular complexity index is 507. The number of hydrogen-bond donors (Lipinski definition) is 2. The van der Waals surface area contributed by atoms with E-state index >= 15 is 0 Å². The van der Waals surface area contributed by atoms with E-state index in [-0.39, 0.29) is 23.8 Å². The van der Waals surface area contributed by atoms with Crippen LogP contribution in [0.15, 0.2) is 6.33 Å². The molecule has 0 bridgehead atoms. The van der Waals surface area contributed by atoms with Crippen LogP contribution in [0.5, 0.6) is 0 Å². The van der Waals surface area contributed by atoms with Crippen LogP contribution in [0.3, 0.4) is 0 Å². The van der Waals surface area contributed by atoms with E-state index < -0.39 is 0 Å². The first kappa shape index (κ1) is 14.6. The smallest absolute Gasteiger partial charge is 0.271 e. The summed E-state index contributed by atoms with van der Waals surface area (Å²) in [4.78, 5) is 28.1. The van der Waals surface area contributed by atoms with E-state index in [4.69, 9.17) is 0 Å². The molecule has 1 aromatic heterocycles. The maximum atomic E-state index is 12.0. The minimum absolute atomic E-state index is 0.0406. The summed E-state index contributed by atoms with van der Waals surface area (Å²) in [5.41, 5.74) is 1.43. The molecule has 0 aliphatic carbocycles. The molecular formula is C14H22N4O2. The molecule has 2 amide bonds. The van der Waals surface area contributed by atoms with Crippen LogP contribution >= 0.6 is 0 Å². The lowest BCUT2D eigenvalue weighted by Gasteiger charge is -2.24. The predicted molar refractivity (Wildman–Crippen MR) is 75.3 cm³/mol. The standard InChI is InChI=1S/C14H22N4O2/c1-4-15-14(20)12-11-6-5-10(7-18(11)8-16-12)13(19)17-9(2)3/h8-10H,4-7H2,1-3H3,(H,15,20)(H,17,19). The predicted octanol–water partition coefficient (Wildman–Crippen LogP) is 0.720. The van der Waals surface area contributed by atoms with Gasteiger partial charge in [-0.1, -0.05) is 0 Å². The largest absolute Gasteiger partial charge is 0.354 e. The summed E-state index contributed by atoms with van der Waals surface area (Å²) in [6.45, 7) is 6.98. The summed E-state index contributed by atoms with van der Waals surface area (Å²) in [7, 11) is 0. The lowest BCUT2D eigenvalue weighted by atomic mass is 9.96. The number of nitrogens with one attached hydrogen (secondary N) is 2. The molecule has 6 heteroatoms. The van der Waals surface area contributed by atoms with Crippen molar-refractivity contribution in [1.82, 2.24) is 20.2 Å². The number of hydrogen-bond acceptors (Lipinski definition) is 3. The highest BCUT2D eigenvalue weighted by molar-refractivity contribution is 5.93. The first-order chi connectivity index (χ1) is 9.52. The summed E-state index contributed by atoms with van der Waals surface area (Å²) in [5.74, 6) is -0.0913. The minimum atomic E-state index is -0.133. The molecule has 110 valence electrons. The quantitative estimate of drug-likeness (QED) is 0.852. The van der Waals surface area contributed by atoms with Gasteiger partial charge < -0.3 is 15.2 Å². The Morgan fingerprint density at radius 2 is 2.25 bits per heavy atom. The Morgan fingerprint density at radius 1 is 1.50 bits per heavy atom. The van der Waals surface area contributed by atoms with Gasteiger partial charge in [-0.15, -0.1) is 0 Å². The van der Waals surface area contributed by atoms with E-state index in [9.17, 15) is 9.59 Å². The topological polar surface area (TPSA) is 76.0 Å². The lowest BCUT2D eigenvalue weighted by molar-refractivity contribution is -0.126. The first-order valence-corrected chi connectivity index (χ1v) is 7.15. The highest BCUT2D eigenvalue weighted by Gasteiger charge is 2.28. The molecule has 1 aliphatic rings. The van der Waals surface area contributed by atoms with Gasteiger partial charge in [0.05, 0.1) is 17.9 Å². The molecule has 1 atom stereocenters. The van der Waals surface area contributed by atoms with Crippen LogP contribution in [0.25, 0.3) is 0 Å². The maximum absolute atomic E-state index is 12.0. The van der Waals surface area contributed by atoms with Crippen LogP contribution in [0.1, 0.15) is 43.4 Å². The van der Waals surface area contributed by atoms with Crippen molar-refractivity contribution in [3.8, 4) is 0 Å². The molecule has 0 spiro atoms. The maximum Gasteiger partial charge on any atom is 0.271 e. The van der Waals surface area contributed by atoms with Gasteiger partial charge in [0.1, 0.15) is 5.69 Å². The monoisotopic (exact) mass is 278 g/mol. The van der Waals surface area contributed by atoms with Crippen LogP contribution in [0.4, 0.5) is 0 Å². The van der Waals surface area contributed by atoms with Gasteiger partial charge in [0.25, 0.3) is 5.91 Å². The molecule has 1 unspecified atom stereocenters. The van der Waals surface area contributed by atoms with Crippen LogP contribution in [0, 0.1) is 5.92 Å². The second-order valence-electron chi connectivity index (χ2n) is 5.45. The molecule has 1 aromatic rings. The first-order valence-electron chi connectivity index (χ1n) is 7.15. The summed E-state index contributed by atoms with van der Waals surface area (Å²) in [6.07, 6.45) is 3.13. The summed E-state index contributed by atoms with van der Waals surface area (Å²) in [5, 5.41) is 5.71. The van der Waals surface area contributed by atoms with Gasteiger partial charge in [-0.2, -0.15) is 0 Å². The Balaban J connectivity index is 2.09. The Kier molecular flexibility index (Phi) is 4.42. The van der Waals surface area contributed by atoms with E-state index in [2.05, 4.69) is 15.6 Å². The van der Waals surface area contributed by atoms with Gasteiger partial charge in [-0.3, -0.25) is 9.59 Å². The van der Waals surface area contributed by atoms with Crippen molar-refractivity contribution in [2.24, 2.45) is 5.92 Å². The van der Waals surface area contributed by atoms with Crippen LogP contribution in [-0.2, 0) is 17.8 Å². The minimum Gasteiger partial charge on any atom is -0.354 e. The number of aromatic nitrogens is 2. The molecule has 0 aromatic carbocycles. The molecule has 2 N–H and O–H groups in total. The van der Waals surface area contributed by atoms with Gasteiger partial charge >= 0.3 is 0 Å². The van der Waals surface area contributed by atoms with Gasteiger partial charge in [0.15, 0.2) is 0 Å². The van der Waals surface area contributed by atoms with E-state index in [0.29, 0.717) is 25.2 Å². The highest BCUT2D eigenvalue weighted by Crippen LogP contribution is 2.22. The third-order valence-corrected chi connectivity index (χ3v) is 3.45. The lowest BCUT2D eigenvalue weighted by Crippen LogP contribution is -2.39. The average Bonchev–Trinajstić information content (AvgIpc) is 2.80. The molecular weight excluding hydrogens is 256 g/mol. The van der Waals surface area contributed by atoms with Crippen molar-refractivity contribution in [1.29, 1.82) is 0 Å². The summed E-state index contributed by atoms with van der Waals surface area (Å²) >= 11 is 0. The molecule has 1 aliphatic heterocycles. The van der Waals surface area contributed by atoms with Crippen molar-refractivity contribution < 1.29 is 9.59 Å². The van der Waals surface area contributed by atoms with Crippen molar-refractivity contribution >= 4 is 11.8 Å². The Morgan fingerprint density at radius 3 is 2.90 bits per heavy atom. The summed E-state index contributed by atoms with van der Waals surface area (Å²) in [6, 6.07) is 0.151. The molecule has 0 radical (unpaired) electrons. The fourth-order valence-electron chi connectivity index (χ4n) is 2.52.